The number of carbonyl (C=O) groups is 1. The van der Waals surface area contributed by atoms with Crippen molar-refractivity contribution in [1.29, 1.82) is 0 Å². The van der Waals surface area contributed by atoms with Gasteiger partial charge in [0, 0.05) is 12.1 Å². The average molecular weight is 307 g/mol. The number of rotatable bonds is 5. The summed E-state index contributed by atoms with van der Waals surface area (Å²) in [5.74, 6) is -0.181. The Hall–Kier alpha value is -1.40. The molecule has 1 aromatic rings. The first kappa shape index (κ1) is 16.7. The maximum absolute atomic E-state index is 12.3. The van der Waals surface area contributed by atoms with Crippen molar-refractivity contribution in [3.05, 3.63) is 29.3 Å². The molecule has 0 spiro atoms. The zero-order chi connectivity index (χ0) is 14.0. The van der Waals surface area contributed by atoms with Crippen molar-refractivity contribution in [3.8, 4) is 5.75 Å². The highest BCUT2D eigenvalue weighted by Gasteiger charge is 2.45. The van der Waals surface area contributed by atoms with Crippen molar-refractivity contribution in [2.75, 3.05) is 0 Å². The van der Waals surface area contributed by atoms with Gasteiger partial charge in [-0.3, -0.25) is 4.79 Å². The minimum Gasteiger partial charge on any atom is -0.434 e. The first-order valence-corrected chi connectivity index (χ1v) is 6.02. The van der Waals surface area contributed by atoms with Crippen LogP contribution in [0.1, 0.15) is 24.0 Å². The number of amides is 1. The lowest BCUT2D eigenvalue weighted by molar-refractivity contribution is -0.123. The number of hydrogen-bond donors (Lipinski definition) is 2. The number of nitrogens with two attached hydrogens (primary N) is 1. The zero-order valence-corrected chi connectivity index (χ0v) is 11.8. The molecule has 3 N–H and O–H groups in total. The third kappa shape index (κ3) is 4.05. The summed E-state index contributed by atoms with van der Waals surface area (Å²) in [4.78, 5) is 11.7. The van der Waals surface area contributed by atoms with Crippen LogP contribution >= 0.6 is 12.4 Å². The zero-order valence-electron chi connectivity index (χ0n) is 11.0. The van der Waals surface area contributed by atoms with Gasteiger partial charge in [0.15, 0.2) is 0 Å². The van der Waals surface area contributed by atoms with E-state index in [1.807, 2.05) is 6.92 Å². The van der Waals surface area contributed by atoms with Crippen LogP contribution in [0.5, 0.6) is 5.75 Å². The lowest BCUT2D eigenvalue weighted by atomic mass is 10.1. The van der Waals surface area contributed by atoms with E-state index in [9.17, 15) is 13.6 Å². The SMILES string of the molecule is Cc1ccc(OC(F)F)c(CNC(=O)C2(N)CC2)c1.Cl. The molecule has 1 aliphatic carbocycles. The first-order chi connectivity index (χ1) is 8.90. The number of hydrogen-bond acceptors (Lipinski definition) is 3. The Morgan fingerprint density at radius 1 is 1.50 bits per heavy atom. The third-order valence-corrected chi connectivity index (χ3v) is 3.11. The first-order valence-electron chi connectivity index (χ1n) is 6.02. The summed E-state index contributed by atoms with van der Waals surface area (Å²) in [6, 6.07) is 4.85. The Morgan fingerprint density at radius 3 is 2.70 bits per heavy atom. The Balaban J connectivity index is 0.00000200. The molecular formula is C13H17ClF2N2O2. The van der Waals surface area contributed by atoms with Gasteiger partial charge in [0.1, 0.15) is 5.75 Å². The molecule has 1 aliphatic rings. The molecule has 0 bridgehead atoms. The van der Waals surface area contributed by atoms with E-state index in [0.29, 0.717) is 18.4 Å². The molecule has 1 saturated carbocycles. The largest absolute Gasteiger partial charge is 0.434 e. The summed E-state index contributed by atoms with van der Waals surface area (Å²) in [5, 5.41) is 2.65. The summed E-state index contributed by atoms with van der Waals surface area (Å²) >= 11 is 0. The summed E-state index contributed by atoms with van der Waals surface area (Å²) in [6.45, 7) is -0.925. The summed E-state index contributed by atoms with van der Waals surface area (Å²) in [5.41, 5.74) is 6.38. The number of halogens is 3. The number of alkyl halides is 2. The second-order valence-corrected chi connectivity index (χ2v) is 4.83. The van der Waals surface area contributed by atoms with Gasteiger partial charge in [-0.15, -0.1) is 12.4 Å². The number of ether oxygens (including phenoxy) is 1. The van der Waals surface area contributed by atoms with Gasteiger partial charge in [0.2, 0.25) is 5.91 Å². The molecule has 20 heavy (non-hydrogen) atoms. The predicted molar refractivity (Wildman–Crippen MR) is 73.1 cm³/mol. The minimum atomic E-state index is -2.89. The highest BCUT2D eigenvalue weighted by molar-refractivity contribution is 5.88. The quantitative estimate of drug-likeness (QED) is 0.876. The molecular weight excluding hydrogens is 290 g/mol. The molecule has 1 aromatic carbocycles. The topological polar surface area (TPSA) is 64.3 Å². The van der Waals surface area contributed by atoms with Crippen molar-refractivity contribution in [2.24, 2.45) is 5.73 Å². The van der Waals surface area contributed by atoms with Crippen LogP contribution in [0.2, 0.25) is 0 Å². The number of carbonyl (C=O) groups excluding carboxylic acids is 1. The van der Waals surface area contributed by atoms with E-state index in [-0.39, 0.29) is 30.6 Å². The van der Waals surface area contributed by atoms with Gasteiger partial charge in [0.05, 0.1) is 5.54 Å². The maximum Gasteiger partial charge on any atom is 0.387 e. The third-order valence-electron chi connectivity index (χ3n) is 3.11. The molecule has 0 aromatic heterocycles. The minimum absolute atomic E-state index is 0. The van der Waals surface area contributed by atoms with Crippen LogP contribution in [0, 0.1) is 6.92 Å². The van der Waals surface area contributed by atoms with Gasteiger partial charge < -0.3 is 15.8 Å². The standard InChI is InChI=1S/C13H16F2N2O2.ClH/c1-8-2-3-10(19-12(14)15)9(6-8)7-17-11(18)13(16)4-5-13;/h2-3,6,12H,4-5,7,16H2,1H3,(H,17,18);1H. The Kier molecular flexibility index (Phi) is 5.30. The highest BCUT2D eigenvalue weighted by Crippen LogP contribution is 2.32. The second kappa shape index (κ2) is 6.37. The molecule has 2 rings (SSSR count). The molecule has 0 saturated heterocycles. The molecule has 1 fully saturated rings. The van der Waals surface area contributed by atoms with Crippen LogP contribution in [0.4, 0.5) is 8.78 Å². The highest BCUT2D eigenvalue weighted by atomic mass is 35.5. The van der Waals surface area contributed by atoms with E-state index >= 15 is 0 Å². The van der Waals surface area contributed by atoms with Crippen molar-refractivity contribution in [1.82, 2.24) is 5.32 Å². The van der Waals surface area contributed by atoms with E-state index in [0.717, 1.165) is 5.56 Å². The lowest BCUT2D eigenvalue weighted by Crippen LogP contribution is -2.42. The molecule has 4 nitrogen and oxygen atoms in total. The monoisotopic (exact) mass is 306 g/mol. The number of aryl methyl sites for hydroxylation is 1. The average Bonchev–Trinajstić information content (AvgIpc) is 3.08. The van der Waals surface area contributed by atoms with Crippen LogP contribution in [-0.4, -0.2) is 18.1 Å². The molecule has 0 radical (unpaired) electrons. The molecule has 7 heteroatoms. The van der Waals surface area contributed by atoms with E-state index in [4.69, 9.17) is 5.73 Å². The summed E-state index contributed by atoms with van der Waals surface area (Å²) < 4.78 is 29.0. The van der Waals surface area contributed by atoms with Crippen molar-refractivity contribution in [3.63, 3.8) is 0 Å². The Morgan fingerprint density at radius 2 is 2.15 bits per heavy atom. The van der Waals surface area contributed by atoms with Crippen molar-refractivity contribution < 1.29 is 18.3 Å². The van der Waals surface area contributed by atoms with E-state index in [1.165, 1.54) is 6.07 Å². The van der Waals surface area contributed by atoms with Gasteiger partial charge in [0.25, 0.3) is 0 Å². The maximum atomic E-state index is 12.3. The molecule has 1 amide bonds. The van der Waals surface area contributed by atoms with Gasteiger partial charge in [-0.2, -0.15) is 8.78 Å². The number of benzene rings is 1. The number of nitrogens with one attached hydrogen (secondary N) is 1. The van der Waals surface area contributed by atoms with Crippen molar-refractivity contribution in [2.45, 2.75) is 38.5 Å². The van der Waals surface area contributed by atoms with Crippen LogP contribution < -0.4 is 15.8 Å². The van der Waals surface area contributed by atoms with E-state index in [2.05, 4.69) is 10.1 Å². The second-order valence-electron chi connectivity index (χ2n) is 4.83. The summed E-state index contributed by atoms with van der Waals surface area (Å²) in [7, 11) is 0. The Labute approximate surface area is 122 Å². The lowest BCUT2D eigenvalue weighted by Gasteiger charge is -2.14. The van der Waals surface area contributed by atoms with Crippen LogP contribution in [0.15, 0.2) is 18.2 Å². The van der Waals surface area contributed by atoms with Crippen LogP contribution in [0.25, 0.3) is 0 Å². The predicted octanol–water partition coefficient (Wildman–Crippen LogP) is 2.13. The smallest absolute Gasteiger partial charge is 0.387 e. The summed E-state index contributed by atoms with van der Waals surface area (Å²) in [6.07, 6.45) is 1.32. The van der Waals surface area contributed by atoms with Gasteiger partial charge in [-0.05, 0) is 25.8 Å². The molecule has 0 aliphatic heterocycles. The fraction of sp³-hybridized carbons (Fsp3) is 0.462. The fourth-order valence-electron chi connectivity index (χ4n) is 1.77. The molecule has 0 unspecified atom stereocenters. The van der Waals surface area contributed by atoms with Gasteiger partial charge in [-0.25, -0.2) is 0 Å². The molecule has 112 valence electrons. The fourth-order valence-corrected chi connectivity index (χ4v) is 1.77. The molecule has 0 atom stereocenters. The van der Waals surface area contributed by atoms with E-state index < -0.39 is 12.2 Å². The Bertz CT molecular complexity index is 493. The van der Waals surface area contributed by atoms with Gasteiger partial charge >= 0.3 is 6.61 Å². The van der Waals surface area contributed by atoms with Crippen LogP contribution in [0.3, 0.4) is 0 Å². The normalized spacial score (nSPS) is 15.4. The van der Waals surface area contributed by atoms with E-state index in [1.54, 1.807) is 12.1 Å². The molecule has 0 heterocycles. The van der Waals surface area contributed by atoms with Crippen molar-refractivity contribution >= 4 is 18.3 Å². The van der Waals surface area contributed by atoms with Gasteiger partial charge in [-0.1, -0.05) is 17.7 Å². The van der Waals surface area contributed by atoms with Crippen LogP contribution in [-0.2, 0) is 11.3 Å².